The number of rotatable bonds is 5. The van der Waals surface area contributed by atoms with E-state index in [1.807, 2.05) is 43.3 Å². The second kappa shape index (κ2) is 5.83. The molecule has 1 atom stereocenters. The lowest BCUT2D eigenvalue weighted by atomic mass is 10.2. The van der Waals surface area contributed by atoms with E-state index in [1.165, 1.54) is 0 Å². The summed E-state index contributed by atoms with van der Waals surface area (Å²) >= 11 is 0. The Kier molecular flexibility index (Phi) is 4.14. The average molecular weight is 274 g/mol. The van der Waals surface area contributed by atoms with Crippen molar-refractivity contribution in [2.45, 2.75) is 19.5 Å². The molecule has 20 heavy (non-hydrogen) atoms. The van der Waals surface area contributed by atoms with E-state index in [-0.39, 0.29) is 0 Å². The number of nitrogens with one attached hydrogen (secondary N) is 1. The number of para-hydroxylation sites is 1. The molecule has 0 saturated carbocycles. The zero-order valence-corrected chi connectivity index (χ0v) is 11.8. The highest BCUT2D eigenvalue weighted by Crippen LogP contribution is 2.21. The third-order valence-electron chi connectivity index (χ3n) is 2.83. The van der Waals surface area contributed by atoms with E-state index in [0.717, 1.165) is 10.9 Å². The van der Waals surface area contributed by atoms with Crippen molar-refractivity contribution < 1.29 is 9.90 Å². The molecule has 1 aromatic carbocycles. The zero-order valence-electron chi connectivity index (χ0n) is 11.8. The molecule has 0 saturated heterocycles. The van der Waals surface area contributed by atoms with Crippen molar-refractivity contribution in [3.63, 3.8) is 0 Å². The summed E-state index contributed by atoms with van der Waals surface area (Å²) in [5.41, 5.74) is 0.805. The van der Waals surface area contributed by atoms with E-state index in [2.05, 4.69) is 15.3 Å². The second-order valence-corrected chi connectivity index (χ2v) is 4.95. The predicted octanol–water partition coefficient (Wildman–Crippen LogP) is 1.58. The summed E-state index contributed by atoms with van der Waals surface area (Å²) in [6, 6.07) is 6.85. The van der Waals surface area contributed by atoms with Gasteiger partial charge in [-0.25, -0.2) is 9.97 Å². The Morgan fingerprint density at radius 2 is 2.05 bits per heavy atom. The molecule has 106 valence electrons. The summed E-state index contributed by atoms with van der Waals surface area (Å²) in [6.45, 7) is 2.19. The maximum atomic E-state index is 11.0. The molecule has 6 heteroatoms. The van der Waals surface area contributed by atoms with E-state index < -0.39 is 12.0 Å². The van der Waals surface area contributed by atoms with Gasteiger partial charge in [0.05, 0.1) is 12.1 Å². The Hall–Kier alpha value is -2.21. The Morgan fingerprint density at radius 1 is 1.35 bits per heavy atom. The molecule has 0 aliphatic heterocycles. The molecule has 0 amide bonds. The average Bonchev–Trinajstić information content (AvgIpc) is 2.37. The SMILES string of the molecule is CC(Nc1nc(CN(C)C)nc2ccccc12)C(=O)O. The molecule has 0 aliphatic rings. The molecule has 0 bridgehead atoms. The minimum atomic E-state index is -0.915. The van der Waals surface area contributed by atoms with E-state index >= 15 is 0 Å². The lowest BCUT2D eigenvalue weighted by Gasteiger charge is -2.15. The molecule has 6 nitrogen and oxygen atoms in total. The minimum absolute atomic E-state index is 0.558. The van der Waals surface area contributed by atoms with Gasteiger partial charge >= 0.3 is 5.97 Å². The monoisotopic (exact) mass is 274 g/mol. The highest BCUT2D eigenvalue weighted by Gasteiger charge is 2.14. The van der Waals surface area contributed by atoms with Crippen LogP contribution in [0.4, 0.5) is 5.82 Å². The third-order valence-corrected chi connectivity index (χ3v) is 2.83. The summed E-state index contributed by atoms with van der Waals surface area (Å²) < 4.78 is 0. The van der Waals surface area contributed by atoms with Crippen molar-refractivity contribution in [1.82, 2.24) is 14.9 Å². The van der Waals surface area contributed by atoms with E-state index in [4.69, 9.17) is 5.11 Å². The van der Waals surface area contributed by atoms with E-state index in [9.17, 15) is 4.79 Å². The van der Waals surface area contributed by atoms with Gasteiger partial charge < -0.3 is 15.3 Å². The summed E-state index contributed by atoms with van der Waals surface area (Å²) in [6.07, 6.45) is 0. The van der Waals surface area contributed by atoms with E-state index in [1.54, 1.807) is 6.92 Å². The Labute approximate surface area is 117 Å². The fourth-order valence-electron chi connectivity index (χ4n) is 1.86. The Bertz CT molecular complexity index is 628. The van der Waals surface area contributed by atoms with E-state index in [0.29, 0.717) is 18.2 Å². The maximum absolute atomic E-state index is 11.0. The molecule has 0 aliphatic carbocycles. The van der Waals surface area contributed by atoms with Crippen LogP contribution in [0.5, 0.6) is 0 Å². The van der Waals surface area contributed by atoms with Crippen molar-refractivity contribution in [3.05, 3.63) is 30.1 Å². The van der Waals surface area contributed by atoms with Crippen LogP contribution in [0, 0.1) is 0 Å². The second-order valence-electron chi connectivity index (χ2n) is 4.95. The first-order valence-corrected chi connectivity index (χ1v) is 6.37. The number of anilines is 1. The molecule has 0 radical (unpaired) electrons. The molecule has 2 aromatic rings. The van der Waals surface area contributed by atoms with Gasteiger partial charge in [0.1, 0.15) is 17.7 Å². The number of aliphatic carboxylic acids is 1. The fourth-order valence-corrected chi connectivity index (χ4v) is 1.86. The number of hydrogen-bond acceptors (Lipinski definition) is 5. The molecular formula is C14H18N4O2. The maximum Gasteiger partial charge on any atom is 0.325 e. The summed E-state index contributed by atoms with van der Waals surface area (Å²) in [5.74, 6) is 0.304. The smallest absolute Gasteiger partial charge is 0.325 e. The topological polar surface area (TPSA) is 78.4 Å². The molecule has 1 aromatic heterocycles. The van der Waals surface area contributed by atoms with Crippen LogP contribution < -0.4 is 5.32 Å². The number of benzene rings is 1. The fraction of sp³-hybridized carbons (Fsp3) is 0.357. The molecular weight excluding hydrogens is 256 g/mol. The summed E-state index contributed by atoms with van der Waals surface area (Å²) in [5, 5.41) is 12.8. The molecule has 1 heterocycles. The van der Waals surface area contributed by atoms with Crippen molar-refractivity contribution in [3.8, 4) is 0 Å². The number of hydrogen-bond donors (Lipinski definition) is 2. The van der Waals surface area contributed by atoms with Gasteiger partial charge in [-0.15, -0.1) is 0 Å². The highest BCUT2D eigenvalue weighted by molar-refractivity contribution is 5.90. The van der Waals surface area contributed by atoms with Crippen molar-refractivity contribution in [2.75, 3.05) is 19.4 Å². The zero-order chi connectivity index (χ0) is 14.7. The molecule has 1 unspecified atom stereocenters. The quantitative estimate of drug-likeness (QED) is 0.861. The normalized spacial score (nSPS) is 12.6. The summed E-state index contributed by atoms with van der Waals surface area (Å²) in [4.78, 5) is 21.9. The largest absolute Gasteiger partial charge is 0.480 e. The van der Waals surface area contributed by atoms with Crippen LogP contribution in [0.15, 0.2) is 24.3 Å². The van der Waals surface area contributed by atoms with Crippen LogP contribution >= 0.6 is 0 Å². The number of carboxylic acid groups (broad SMARTS) is 1. The van der Waals surface area contributed by atoms with Gasteiger partial charge in [0.15, 0.2) is 0 Å². The van der Waals surface area contributed by atoms with Gasteiger partial charge in [-0.2, -0.15) is 0 Å². The predicted molar refractivity (Wildman–Crippen MR) is 77.6 cm³/mol. The molecule has 0 fully saturated rings. The highest BCUT2D eigenvalue weighted by atomic mass is 16.4. The van der Waals surface area contributed by atoms with Gasteiger partial charge in [-0.1, -0.05) is 12.1 Å². The van der Waals surface area contributed by atoms with Crippen LogP contribution in [0.1, 0.15) is 12.7 Å². The standard InChI is InChI=1S/C14H18N4O2/c1-9(14(19)20)15-13-10-6-4-5-7-11(10)16-12(17-13)8-18(2)3/h4-7,9H,8H2,1-3H3,(H,19,20)(H,15,16,17). The van der Waals surface area contributed by atoms with Crippen molar-refractivity contribution in [1.29, 1.82) is 0 Å². The van der Waals surface area contributed by atoms with Gasteiger partial charge in [-0.3, -0.25) is 4.79 Å². The van der Waals surface area contributed by atoms with Crippen LogP contribution in [0.2, 0.25) is 0 Å². The van der Waals surface area contributed by atoms with Gasteiger partial charge in [0, 0.05) is 5.39 Å². The number of aromatic nitrogens is 2. The lowest BCUT2D eigenvalue weighted by molar-refractivity contribution is -0.137. The first kappa shape index (κ1) is 14.2. The van der Waals surface area contributed by atoms with Crippen LogP contribution in [-0.2, 0) is 11.3 Å². The Morgan fingerprint density at radius 3 is 2.70 bits per heavy atom. The number of carbonyl (C=O) groups is 1. The first-order valence-electron chi connectivity index (χ1n) is 6.37. The van der Waals surface area contributed by atoms with Crippen LogP contribution in [-0.4, -0.2) is 46.1 Å². The molecule has 0 spiro atoms. The third kappa shape index (κ3) is 3.21. The summed E-state index contributed by atoms with van der Waals surface area (Å²) in [7, 11) is 3.87. The lowest BCUT2D eigenvalue weighted by Crippen LogP contribution is -2.26. The number of nitrogens with zero attached hydrogens (tertiary/aromatic N) is 3. The van der Waals surface area contributed by atoms with Crippen LogP contribution in [0.3, 0.4) is 0 Å². The molecule has 2 N–H and O–H groups in total. The number of carboxylic acids is 1. The first-order chi connectivity index (χ1) is 9.47. The van der Waals surface area contributed by atoms with Crippen molar-refractivity contribution in [2.24, 2.45) is 0 Å². The van der Waals surface area contributed by atoms with Crippen molar-refractivity contribution >= 4 is 22.7 Å². The van der Waals surface area contributed by atoms with Gasteiger partial charge in [0.2, 0.25) is 0 Å². The van der Waals surface area contributed by atoms with Gasteiger partial charge in [0.25, 0.3) is 0 Å². The van der Waals surface area contributed by atoms with Crippen LogP contribution in [0.25, 0.3) is 10.9 Å². The molecule has 2 rings (SSSR count). The Balaban J connectivity index is 2.46. The number of fused-ring (bicyclic) bond motifs is 1. The van der Waals surface area contributed by atoms with Gasteiger partial charge in [-0.05, 0) is 33.2 Å². The minimum Gasteiger partial charge on any atom is -0.480 e.